The van der Waals surface area contributed by atoms with E-state index in [-0.39, 0.29) is 33.1 Å². The molecule has 0 radical (unpaired) electrons. The Morgan fingerprint density at radius 2 is 1.96 bits per heavy atom. The maximum Gasteiger partial charge on any atom is 0.333 e. The fourth-order valence-corrected chi connectivity index (χ4v) is 3.04. The van der Waals surface area contributed by atoms with Gasteiger partial charge in [-0.05, 0) is 12.1 Å². The van der Waals surface area contributed by atoms with Gasteiger partial charge in [0.1, 0.15) is 11.2 Å². The first kappa shape index (κ1) is 18.2. The van der Waals surface area contributed by atoms with E-state index in [0.29, 0.717) is 13.2 Å². The molecule has 3 aromatic rings. The van der Waals surface area contributed by atoms with Crippen LogP contribution in [0.4, 0.5) is 10.3 Å². The summed E-state index contributed by atoms with van der Waals surface area (Å²) in [6.07, 6.45) is 0. The van der Waals surface area contributed by atoms with Crippen LogP contribution in [0.25, 0.3) is 22.2 Å². The molecule has 0 aliphatic heterocycles. The lowest BCUT2D eigenvalue weighted by Gasteiger charge is -2.08. The van der Waals surface area contributed by atoms with Crippen molar-refractivity contribution in [2.45, 2.75) is 0 Å². The third-order valence-corrected chi connectivity index (χ3v) is 4.41. The van der Waals surface area contributed by atoms with Crippen molar-refractivity contribution in [1.82, 2.24) is 9.13 Å². The number of fused-ring (bicyclic) bond motifs is 1. The van der Waals surface area contributed by atoms with Crippen LogP contribution in [-0.4, -0.2) is 29.4 Å². The van der Waals surface area contributed by atoms with Crippen LogP contribution < -0.4 is 16.6 Å². The molecule has 1 aromatic carbocycles. The molecule has 138 valence electrons. The quantitative estimate of drug-likeness (QED) is 0.686. The second-order valence-electron chi connectivity index (χ2n) is 5.71. The zero-order valence-corrected chi connectivity index (χ0v) is 15.2. The molecule has 0 saturated carbocycles. The van der Waals surface area contributed by atoms with Crippen molar-refractivity contribution in [3.8, 4) is 11.1 Å². The van der Waals surface area contributed by atoms with Crippen molar-refractivity contribution < 1.29 is 13.5 Å². The highest BCUT2D eigenvalue weighted by Gasteiger charge is 2.26. The molecule has 7 nitrogen and oxygen atoms in total. The maximum atomic E-state index is 14.6. The summed E-state index contributed by atoms with van der Waals surface area (Å²) < 4.78 is 27.4. The molecule has 9 heteroatoms. The van der Waals surface area contributed by atoms with Crippen LogP contribution in [0.1, 0.15) is 0 Å². The average molecular weight is 382 g/mol. The number of ether oxygens (including phenoxy) is 1. The number of hydrogen-bond acceptors (Lipinski definition) is 5. The van der Waals surface area contributed by atoms with Crippen molar-refractivity contribution in [3.05, 3.63) is 49.9 Å². The summed E-state index contributed by atoms with van der Waals surface area (Å²) in [6.45, 7) is 0.710. The van der Waals surface area contributed by atoms with Crippen LogP contribution in [0.15, 0.2) is 32.2 Å². The number of aromatic nitrogens is 2. The van der Waals surface area contributed by atoms with Crippen LogP contribution in [0, 0.1) is 5.82 Å². The van der Waals surface area contributed by atoms with Gasteiger partial charge in [-0.2, -0.15) is 0 Å². The molecule has 2 heterocycles. The molecule has 0 saturated heterocycles. The lowest BCUT2D eigenvalue weighted by molar-refractivity contribution is 0.210. The Balaban J connectivity index is 2.43. The van der Waals surface area contributed by atoms with Gasteiger partial charge < -0.3 is 14.5 Å². The largest absolute Gasteiger partial charge is 0.423 e. The van der Waals surface area contributed by atoms with Crippen molar-refractivity contribution >= 4 is 28.6 Å². The minimum atomic E-state index is -0.606. The van der Waals surface area contributed by atoms with E-state index in [4.69, 9.17) is 20.8 Å². The summed E-state index contributed by atoms with van der Waals surface area (Å²) in [6, 6.07) is 4.23. The molecule has 0 amide bonds. The number of rotatable bonds is 5. The van der Waals surface area contributed by atoms with E-state index in [9.17, 15) is 14.0 Å². The van der Waals surface area contributed by atoms with Crippen molar-refractivity contribution in [2.24, 2.45) is 14.1 Å². The molecular weight excluding hydrogens is 365 g/mol. The highest BCUT2D eigenvalue weighted by Crippen LogP contribution is 2.41. The van der Waals surface area contributed by atoms with Crippen LogP contribution in [0.5, 0.6) is 0 Å². The Labute approximate surface area is 152 Å². The lowest BCUT2D eigenvalue weighted by atomic mass is 10.0. The molecule has 0 aliphatic carbocycles. The minimum Gasteiger partial charge on any atom is -0.423 e. The summed E-state index contributed by atoms with van der Waals surface area (Å²) in [5, 5.41) is 3.16. The van der Waals surface area contributed by atoms with Gasteiger partial charge in [-0.1, -0.05) is 17.7 Å². The standard InChI is InChI=1S/C17H17ClFN3O4/c1-21-15(23)13-12(11-9(18)5-4-6-10(11)19)14(20-7-8-25-3)26-16(13)22(2)17(21)24/h4-6,20H,7-8H2,1-3H3. The third kappa shape index (κ3) is 2.81. The smallest absolute Gasteiger partial charge is 0.333 e. The van der Waals surface area contributed by atoms with Gasteiger partial charge in [0.2, 0.25) is 11.6 Å². The fraction of sp³-hybridized carbons (Fsp3) is 0.294. The van der Waals surface area contributed by atoms with Crippen molar-refractivity contribution in [2.75, 3.05) is 25.6 Å². The third-order valence-electron chi connectivity index (χ3n) is 4.09. The number of hydrogen-bond donors (Lipinski definition) is 1. The van der Waals surface area contributed by atoms with E-state index < -0.39 is 17.1 Å². The molecule has 26 heavy (non-hydrogen) atoms. The second kappa shape index (κ2) is 6.97. The second-order valence-corrected chi connectivity index (χ2v) is 6.12. The number of anilines is 1. The number of furan rings is 1. The Bertz CT molecular complexity index is 1080. The van der Waals surface area contributed by atoms with E-state index in [2.05, 4.69) is 5.32 Å². The topological polar surface area (TPSA) is 78.4 Å². The van der Waals surface area contributed by atoms with Crippen LogP contribution in [0.3, 0.4) is 0 Å². The predicted molar refractivity (Wildman–Crippen MR) is 97.5 cm³/mol. The first-order valence-electron chi connectivity index (χ1n) is 7.78. The van der Waals surface area contributed by atoms with Gasteiger partial charge in [0.25, 0.3) is 5.56 Å². The minimum absolute atomic E-state index is 0.0311. The Morgan fingerprint density at radius 1 is 1.23 bits per heavy atom. The molecule has 2 aromatic heterocycles. The SMILES string of the molecule is COCCNc1oc2c(c1-c1c(F)cccc1Cl)c(=O)n(C)c(=O)n2C. The van der Waals surface area contributed by atoms with Gasteiger partial charge in [-0.15, -0.1) is 0 Å². The molecule has 0 fully saturated rings. The highest BCUT2D eigenvalue weighted by atomic mass is 35.5. The Kier molecular flexibility index (Phi) is 4.88. The Hall–Kier alpha value is -2.58. The number of halogens is 2. The maximum absolute atomic E-state index is 14.6. The normalized spacial score (nSPS) is 11.3. The van der Waals surface area contributed by atoms with Gasteiger partial charge in [-0.25, -0.2) is 9.18 Å². The number of aryl methyl sites for hydroxylation is 1. The molecule has 0 unspecified atom stereocenters. The summed E-state index contributed by atoms with van der Waals surface area (Å²) in [5.41, 5.74) is -0.904. The van der Waals surface area contributed by atoms with E-state index in [1.54, 1.807) is 0 Å². The molecular formula is C17H17ClFN3O4. The van der Waals surface area contributed by atoms with Crippen molar-refractivity contribution in [1.29, 1.82) is 0 Å². The van der Waals surface area contributed by atoms with Crippen LogP contribution >= 0.6 is 11.6 Å². The number of nitrogens with one attached hydrogen (secondary N) is 1. The molecule has 0 spiro atoms. The number of benzene rings is 1. The summed E-state index contributed by atoms with van der Waals surface area (Å²) in [4.78, 5) is 24.9. The van der Waals surface area contributed by atoms with E-state index >= 15 is 0 Å². The highest BCUT2D eigenvalue weighted by molar-refractivity contribution is 6.34. The van der Waals surface area contributed by atoms with Crippen LogP contribution in [0.2, 0.25) is 5.02 Å². The van der Waals surface area contributed by atoms with Gasteiger partial charge >= 0.3 is 5.69 Å². The van der Waals surface area contributed by atoms with Gasteiger partial charge in [0.05, 0.1) is 17.2 Å². The van der Waals surface area contributed by atoms with Gasteiger partial charge in [0, 0.05) is 33.3 Å². The predicted octanol–water partition coefficient (Wildman–Crippen LogP) is 2.35. The van der Waals surface area contributed by atoms with Crippen LogP contribution in [-0.2, 0) is 18.8 Å². The Morgan fingerprint density at radius 3 is 2.62 bits per heavy atom. The summed E-state index contributed by atoms with van der Waals surface area (Å²) >= 11 is 6.21. The lowest BCUT2D eigenvalue weighted by Crippen LogP contribution is -2.36. The number of nitrogens with zero attached hydrogens (tertiary/aromatic N) is 2. The molecule has 3 rings (SSSR count). The van der Waals surface area contributed by atoms with E-state index in [1.807, 2.05) is 0 Å². The van der Waals surface area contributed by atoms with Gasteiger partial charge in [-0.3, -0.25) is 13.9 Å². The monoisotopic (exact) mass is 381 g/mol. The first-order chi connectivity index (χ1) is 12.4. The zero-order valence-electron chi connectivity index (χ0n) is 14.4. The summed E-state index contributed by atoms with van der Waals surface area (Å²) in [5.74, 6) is -0.465. The molecule has 0 aliphatic rings. The summed E-state index contributed by atoms with van der Waals surface area (Å²) in [7, 11) is 4.36. The van der Waals surface area contributed by atoms with Crippen molar-refractivity contribution in [3.63, 3.8) is 0 Å². The fourth-order valence-electron chi connectivity index (χ4n) is 2.79. The molecule has 0 bridgehead atoms. The van der Waals surface area contributed by atoms with E-state index in [1.165, 1.54) is 44.0 Å². The van der Waals surface area contributed by atoms with E-state index in [0.717, 1.165) is 4.57 Å². The first-order valence-corrected chi connectivity index (χ1v) is 8.16. The molecule has 0 atom stereocenters. The molecule has 1 N–H and O–H groups in total. The zero-order chi connectivity index (χ0) is 19.0. The van der Waals surface area contributed by atoms with Gasteiger partial charge in [0.15, 0.2) is 0 Å². The average Bonchev–Trinajstić information content (AvgIpc) is 2.98. The number of methoxy groups -OCH3 is 1.